The summed E-state index contributed by atoms with van der Waals surface area (Å²) in [4.78, 5) is 24.0. The highest BCUT2D eigenvalue weighted by Crippen LogP contribution is 2.32. The highest BCUT2D eigenvalue weighted by molar-refractivity contribution is 5.91. The summed E-state index contributed by atoms with van der Waals surface area (Å²) < 4.78 is 10.6. The zero-order valence-corrected chi connectivity index (χ0v) is 16.8. The molecule has 0 aromatic heterocycles. The summed E-state index contributed by atoms with van der Waals surface area (Å²) in [6.45, 7) is 10.1. The van der Waals surface area contributed by atoms with E-state index in [1.807, 2.05) is 6.08 Å². The van der Waals surface area contributed by atoms with Crippen LogP contribution in [0.4, 0.5) is 0 Å². The van der Waals surface area contributed by atoms with Crippen LogP contribution in [-0.4, -0.2) is 35.9 Å². The molecule has 1 saturated heterocycles. The van der Waals surface area contributed by atoms with E-state index in [1.54, 1.807) is 6.08 Å². The Balaban J connectivity index is 2.76. The van der Waals surface area contributed by atoms with Gasteiger partial charge in [-0.05, 0) is 18.3 Å². The van der Waals surface area contributed by atoms with Crippen molar-refractivity contribution in [2.24, 2.45) is 11.8 Å². The number of cyclic esters (lactones) is 1. The Morgan fingerprint density at radius 1 is 1.27 bits per heavy atom. The first-order chi connectivity index (χ1) is 12.2. The van der Waals surface area contributed by atoms with E-state index >= 15 is 0 Å². The average Bonchev–Trinajstić information content (AvgIpc) is 2.89. The summed E-state index contributed by atoms with van der Waals surface area (Å²) in [6, 6.07) is 0. The lowest BCUT2D eigenvalue weighted by atomic mass is 9.91. The lowest BCUT2D eigenvalue weighted by molar-refractivity contribution is -0.166. The molecule has 1 fully saturated rings. The molecule has 0 aliphatic carbocycles. The van der Waals surface area contributed by atoms with Crippen LogP contribution in [0, 0.1) is 11.8 Å². The van der Waals surface area contributed by atoms with Gasteiger partial charge in [-0.3, -0.25) is 4.79 Å². The van der Waals surface area contributed by atoms with Crippen molar-refractivity contribution in [3.63, 3.8) is 0 Å². The normalized spacial score (nSPS) is 21.4. The van der Waals surface area contributed by atoms with Crippen molar-refractivity contribution in [2.45, 2.75) is 72.3 Å². The third kappa shape index (κ3) is 6.60. The zero-order chi connectivity index (χ0) is 19.7. The minimum Gasteiger partial charge on any atom is -0.461 e. The van der Waals surface area contributed by atoms with Crippen LogP contribution >= 0.6 is 0 Å². The molecule has 0 aromatic rings. The molecular formula is C21H34O5. The summed E-state index contributed by atoms with van der Waals surface area (Å²) in [5, 5.41) is 9.72. The van der Waals surface area contributed by atoms with Crippen molar-refractivity contribution in [1.82, 2.24) is 0 Å². The van der Waals surface area contributed by atoms with Crippen LogP contribution in [0.15, 0.2) is 23.3 Å². The molecular weight excluding hydrogens is 332 g/mol. The Morgan fingerprint density at radius 3 is 2.46 bits per heavy atom. The quantitative estimate of drug-likeness (QED) is 0.360. The molecule has 1 rings (SSSR count). The van der Waals surface area contributed by atoms with Gasteiger partial charge in [-0.15, -0.1) is 0 Å². The Hall–Kier alpha value is -1.62. The Labute approximate surface area is 157 Å². The number of hydrogen-bond donors (Lipinski definition) is 1. The second-order valence-electron chi connectivity index (χ2n) is 7.69. The van der Waals surface area contributed by atoms with Crippen LogP contribution in [0.2, 0.25) is 0 Å². The molecule has 0 radical (unpaired) electrons. The summed E-state index contributed by atoms with van der Waals surface area (Å²) in [7, 11) is 0. The van der Waals surface area contributed by atoms with Gasteiger partial charge in [0.2, 0.25) is 0 Å². The van der Waals surface area contributed by atoms with Gasteiger partial charge in [0.15, 0.2) is 5.60 Å². The van der Waals surface area contributed by atoms with Gasteiger partial charge in [0.1, 0.15) is 6.61 Å². The van der Waals surface area contributed by atoms with E-state index in [1.165, 1.54) is 5.57 Å². The first-order valence-corrected chi connectivity index (χ1v) is 9.65. The number of hydrogen-bond acceptors (Lipinski definition) is 5. The molecule has 0 spiro atoms. The lowest BCUT2D eigenvalue weighted by Gasteiger charge is -2.24. The smallest absolute Gasteiger partial charge is 0.334 e. The molecule has 5 nitrogen and oxygen atoms in total. The summed E-state index contributed by atoms with van der Waals surface area (Å²) in [5.74, 6) is -0.00218. The van der Waals surface area contributed by atoms with Gasteiger partial charge < -0.3 is 14.6 Å². The largest absolute Gasteiger partial charge is 0.461 e. The fourth-order valence-corrected chi connectivity index (χ4v) is 3.11. The molecule has 26 heavy (non-hydrogen) atoms. The lowest BCUT2D eigenvalue weighted by Crippen LogP contribution is -2.39. The molecule has 5 heteroatoms. The minimum absolute atomic E-state index is 0.109. The van der Waals surface area contributed by atoms with Gasteiger partial charge in [-0.25, -0.2) is 4.79 Å². The van der Waals surface area contributed by atoms with Crippen molar-refractivity contribution < 1.29 is 24.2 Å². The van der Waals surface area contributed by atoms with Gasteiger partial charge in [-0.2, -0.15) is 0 Å². The van der Waals surface area contributed by atoms with Crippen LogP contribution < -0.4 is 0 Å². The van der Waals surface area contributed by atoms with E-state index < -0.39 is 11.6 Å². The molecule has 1 N–H and O–H groups in total. The van der Waals surface area contributed by atoms with Crippen molar-refractivity contribution in [2.75, 3.05) is 13.2 Å². The third-order valence-corrected chi connectivity index (χ3v) is 4.66. The van der Waals surface area contributed by atoms with Crippen molar-refractivity contribution in [3.05, 3.63) is 23.3 Å². The van der Waals surface area contributed by atoms with Crippen LogP contribution in [0.25, 0.3) is 0 Å². The summed E-state index contributed by atoms with van der Waals surface area (Å²) >= 11 is 0. The van der Waals surface area contributed by atoms with E-state index in [0.29, 0.717) is 23.8 Å². The Bertz CT molecular complexity index is 535. The number of rotatable bonds is 10. The van der Waals surface area contributed by atoms with Gasteiger partial charge in [0.05, 0.1) is 6.61 Å². The molecule has 0 bridgehead atoms. The standard InChI is InChI=1S/C21H34O5/c1-6-7-8-9-19(23)25-14-21(13-22)12-17(20(24)26-21)10-11-18(15(2)3)16(4)5/h10-11,15-16,22H,6-9,12-14H2,1-5H3/b17-10-. The van der Waals surface area contributed by atoms with Crippen LogP contribution in [-0.2, 0) is 19.1 Å². The van der Waals surface area contributed by atoms with Crippen molar-refractivity contribution in [3.8, 4) is 0 Å². The second kappa shape index (κ2) is 10.5. The van der Waals surface area contributed by atoms with Crippen molar-refractivity contribution in [1.29, 1.82) is 0 Å². The van der Waals surface area contributed by atoms with Crippen LogP contribution in [0.3, 0.4) is 0 Å². The molecule has 148 valence electrons. The Morgan fingerprint density at radius 2 is 1.92 bits per heavy atom. The number of aliphatic hydroxyl groups excluding tert-OH is 1. The van der Waals surface area contributed by atoms with E-state index in [0.717, 1.165) is 19.3 Å². The molecule has 1 atom stereocenters. The minimum atomic E-state index is -1.16. The monoisotopic (exact) mass is 366 g/mol. The fourth-order valence-electron chi connectivity index (χ4n) is 3.11. The van der Waals surface area contributed by atoms with Gasteiger partial charge >= 0.3 is 11.9 Å². The van der Waals surface area contributed by atoms with E-state index in [2.05, 4.69) is 34.6 Å². The number of allylic oxidation sites excluding steroid dienone is 3. The number of esters is 2. The fraction of sp³-hybridized carbons (Fsp3) is 0.714. The number of unbranched alkanes of at least 4 members (excludes halogenated alkanes) is 2. The third-order valence-electron chi connectivity index (χ3n) is 4.66. The highest BCUT2D eigenvalue weighted by Gasteiger charge is 2.44. The number of carbonyl (C=O) groups is 2. The molecule has 1 aliphatic rings. The predicted octanol–water partition coefficient (Wildman–Crippen LogP) is 3.95. The van der Waals surface area contributed by atoms with Gasteiger partial charge in [-0.1, -0.05) is 65.2 Å². The van der Waals surface area contributed by atoms with Gasteiger partial charge in [0.25, 0.3) is 0 Å². The highest BCUT2D eigenvalue weighted by atomic mass is 16.6. The number of aliphatic hydroxyl groups is 1. The first-order valence-electron chi connectivity index (χ1n) is 9.65. The van der Waals surface area contributed by atoms with E-state index in [-0.39, 0.29) is 25.6 Å². The van der Waals surface area contributed by atoms with E-state index in [9.17, 15) is 14.7 Å². The molecule has 1 heterocycles. The SMILES string of the molecule is CCCCCC(=O)OCC1(CO)C/C(=C/C=C(C(C)C)C(C)C)C(=O)O1. The zero-order valence-electron chi connectivity index (χ0n) is 16.8. The summed E-state index contributed by atoms with van der Waals surface area (Å²) in [6.07, 6.45) is 7.12. The molecule has 1 aliphatic heterocycles. The van der Waals surface area contributed by atoms with E-state index in [4.69, 9.17) is 9.47 Å². The van der Waals surface area contributed by atoms with Crippen molar-refractivity contribution >= 4 is 11.9 Å². The average molecular weight is 366 g/mol. The number of ether oxygens (including phenoxy) is 2. The summed E-state index contributed by atoms with van der Waals surface area (Å²) in [5.41, 5.74) is 0.585. The number of carbonyl (C=O) groups excluding carboxylic acids is 2. The predicted molar refractivity (Wildman–Crippen MR) is 101 cm³/mol. The van der Waals surface area contributed by atoms with Crippen LogP contribution in [0.5, 0.6) is 0 Å². The van der Waals surface area contributed by atoms with Gasteiger partial charge in [0, 0.05) is 18.4 Å². The maximum Gasteiger partial charge on any atom is 0.334 e. The molecule has 1 unspecified atom stereocenters. The topological polar surface area (TPSA) is 72.8 Å². The molecule has 0 amide bonds. The maximum atomic E-state index is 12.2. The first kappa shape index (κ1) is 22.4. The Kier molecular flexibility index (Phi) is 9.06. The maximum absolute atomic E-state index is 12.2. The van der Waals surface area contributed by atoms with Crippen LogP contribution in [0.1, 0.15) is 66.7 Å². The molecule has 0 aromatic carbocycles. The second-order valence-corrected chi connectivity index (χ2v) is 7.69. The molecule has 0 saturated carbocycles.